The third-order valence-corrected chi connectivity index (χ3v) is 5.37. The van der Waals surface area contributed by atoms with Crippen LogP contribution in [0.4, 0.5) is 4.79 Å². The maximum absolute atomic E-state index is 11.9. The van der Waals surface area contributed by atoms with Crippen molar-refractivity contribution in [1.29, 1.82) is 0 Å². The summed E-state index contributed by atoms with van der Waals surface area (Å²) in [4.78, 5) is 11.9. The highest BCUT2D eigenvalue weighted by Crippen LogP contribution is 2.53. The Morgan fingerprint density at radius 2 is 1.74 bits per heavy atom. The van der Waals surface area contributed by atoms with Crippen LogP contribution in [0.5, 0.6) is 0 Å². The van der Waals surface area contributed by atoms with Crippen LogP contribution in [0.1, 0.15) is 45.4 Å². The van der Waals surface area contributed by atoms with E-state index in [9.17, 15) is 9.90 Å². The van der Waals surface area contributed by atoms with Crippen LogP contribution in [0.2, 0.25) is 0 Å². The van der Waals surface area contributed by atoms with E-state index in [1.807, 2.05) is 0 Å². The number of aliphatic hydroxyl groups excluding tert-OH is 1. The normalized spacial score (nSPS) is 41.1. The molecule has 0 radical (unpaired) electrons. The van der Waals surface area contributed by atoms with Crippen molar-refractivity contribution in [2.75, 3.05) is 6.54 Å². The van der Waals surface area contributed by atoms with Gasteiger partial charge in [0.2, 0.25) is 0 Å². The molecule has 4 bridgehead atoms. The van der Waals surface area contributed by atoms with Gasteiger partial charge in [0.25, 0.3) is 0 Å². The Balaban J connectivity index is 1.48. The molecule has 3 N–H and O–H groups in total. The van der Waals surface area contributed by atoms with E-state index in [-0.39, 0.29) is 12.1 Å². The monoisotopic (exact) mass is 266 g/mol. The lowest BCUT2D eigenvalue weighted by atomic mass is 9.54. The molecule has 19 heavy (non-hydrogen) atoms. The first-order valence-electron chi connectivity index (χ1n) is 7.84. The second kappa shape index (κ2) is 5.31. The average Bonchev–Trinajstić information content (AvgIpc) is 2.32. The van der Waals surface area contributed by atoms with Gasteiger partial charge < -0.3 is 15.7 Å². The molecular weight excluding hydrogens is 240 g/mol. The first-order chi connectivity index (χ1) is 9.11. The highest BCUT2D eigenvalue weighted by Gasteiger charge is 2.48. The number of hydrogen-bond donors (Lipinski definition) is 3. The summed E-state index contributed by atoms with van der Waals surface area (Å²) in [6.45, 7) is 2.30. The predicted molar refractivity (Wildman–Crippen MR) is 73.7 cm³/mol. The number of rotatable bonds is 4. The second-order valence-electron chi connectivity index (χ2n) is 6.99. The number of urea groups is 1. The summed E-state index contributed by atoms with van der Waals surface area (Å²) < 4.78 is 0. The minimum Gasteiger partial charge on any atom is -0.393 e. The van der Waals surface area contributed by atoms with Gasteiger partial charge in [-0.15, -0.1) is 0 Å². The molecular formula is C15H26N2O2. The Kier molecular flexibility index (Phi) is 3.70. The zero-order valence-corrected chi connectivity index (χ0v) is 11.8. The number of carbonyl (C=O) groups excluding carboxylic acids is 1. The summed E-state index contributed by atoms with van der Waals surface area (Å²) in [5.74, 6) is 3.33. The van der Waals surface area contributed by atoms with Crippen LogP contribution in [0.25, 0.3) is 0 Å². The SMILES string of the molecule is CC(O)CCNC(=O)NC1C2CC3CC(C2)CC1C3. The first kappa shape index (κ1) is 13.2. The van der Waals surface area contributed by atoms with E-state index in [0.29, 0.717) is 19.0 Å². The lowest BCUT2D eigenvalue weighted by Crippen LogP contribution is -2.57. The largest absolute Gasteiger partial charge is 0.393 e. The maximum Gasteiger partial charge on any atom is 0.315 e. The fourth-order valence-electron chi connectivity index (χ4n) is 4.76. The minimum atomic E-state index is -0.346. The van der Waals surface area contributed by atoms with Crippen molar-refractivity contribution in [3.05, 3.63) is 0 Å². The second-order valence-corrected chi connectivity index (χ2v) is 6.99. The maximum atomic E-state index is 11.9. The van der Waals surface area contributed by atoms with E-state index in [0.717, 1.165) is 23.7 Å². The van der Waals surface area contributed by atoms with E-state index in [4.69, 9.17) is 0 Å². The van der Waals surface area contributed by atoms with Crippen LogP contribution in [0, 0.1) is 23.7 Å². The quantitative estimate of drug-likeness (QED) is 0.727. The molecule has 0 aromatic carbocycles. The Hall–Kier alpha value is -0.770. The smallest absolute Gasteiger partial charge is 0.315 e. The summed E-state index contributed by atoms with van der Waals surface area (Å²) in [7, 11) is 0. The molecule has 2 amide bonds. The zero-order valence-electron chi connectivity index (χ0n) is 11.8. The summed E-state index contributed by atoms with van der Waals surface area (Å²) in [5.41, 5.74) is 0. The van der Waals surface area contributed by atoms with Gasteiger partial charge in [-0.05, 0) is 69.1 Å². The fraction of sp³-hybridized carbons (Fsp3) is 0.933. The molecule has 4 aliphatic rings. The molecule has 0 aliphatic heterocycles. The summed E-state index contributed by atoms with van der Waals surface area (Å²) in [6.07, 6.45) is 7.02. The molecule has 0 spiro atoms. The highest BCUT2D eigenvalue weighted by molar-refractivity contribution is 5.74. The lowest BCUT2D eigenvalue weighted by molar-refractivity contribution is -0.00943. The highest BCUT2D eigenvalue weighted by atomic mass is 16.3. The van der Waals surface area contributed by atoms with Gasteiger partial charge in [-0.3, -0.25) is 0 Å². The van der Waals surface area contributed by atoms with Crippen molar-refractivity contribution in [1.82, 2.24) is 10.6 Å². The van der Waals surface area contributed by atoms with Crippen molar-refractivity contribution < 1.29 is 9.90 Å². The van der Waals surface area contributed by atoms with Gasteiger partial charge in [0.15, 0.2) is 0 Å². The Bertz CT molecular complexity index is 315. The van der Waals surface area contributed by atoms with Crippen LogP contribution in [-0.2, 0) is 0 Å². The van der Waals surface area contributed by atoms with Gasteiger partial charge in [0.1, 0.15) is 0 Å². The number of aliphatic hydroxyl groups is 1. The predicted octanol–water partition coefficient (Wildman–Crippen LogP) is 1.88. The number of carbonyl (C=O) groups is 1. The van der Waals surface area contributed by atoms with Crippen molar-refractivity contribution in [2.45, 2.75) is 57.6 Å². The Morgan fingerprint density at radius 1 is 1.16 bits per heavy atom. The van der Waals surface area contributed by atoms with E-state index < -0.39 is 0 Å². The van der Waals surface area contributed by atoms with Gasteiger partial charge in [-0.25, -0.2) is 4.79 Å². The van der Waals surface area contributed by atoms with Gasteiger partial charge in [-0.2, -0.15) is 0 Å². The van der Waals surface area contributed by atoms with Gasteiger partial charge >= 0.3 is 6.03 Å². The molecule has 4 rings (SSSR count). The standard InChI is InChI=1S/C15H26N2O2/c1-9(18)2-3-16-15(19)17-14-12-5-10-4-11(7-12)8-13(14)6-10/h9-14,18H,2-8H2,1H3,(H2,16,17,19). The van der Waals surface area contributed by atoms with Gasteiger partial charge in [-0.1, -0.05) is 0 Å². The molecule has 4 fully saturated rings. The van der Waals surface area contributed by atoms with Crippen molar-refractivity contribution in [2.24, 2.45) is 23.7 Å². The molecule has 0 saturated heterocycles. The molecule has 4 heteroatoms. The summed E-state index contributed by atoms with van der Waals surface area (Å²) >= 11 is 0. The number of amides is 2. The van der Waals surface area contributed by atoms with E-state index in [2.05, 4.69) is 10.6 Å². The summed E-state index contributed by atoms with van der Waals surface area (Å²) in [6, 6.07) is 0.359. The van der Waals surface area contributed by atoms with Crippen LogP contribution in [-0.4, -0.2) is 29.8 Å². The molecule has 4 saturated carbocycles. The van der Waals surface area contributed by atoms with Gasteiger partial charge in [0, 0.05) is 12.6 Å². The van der Waals surface area contributed by atoms with E-state index >= 15 is 0 Å². The topological polar surface area (TPSA) is 61.4 Å². The molecule has 4 aliphatic carbocycles. The van der Waals surface area contributed by atoms with E-state index in [1.165, 1.54) is 32.1 Å². The Morgan fingerprint density at radius 3 is 2.26 bits per heavy atom. The molecule has 0 heterocycles. The van der Waals surface area contributed by atoms with Crippen LogP contribution in [0.15, 0.2) is 0 Å². The van der Waals surface area contributed by atoms with Crippen LogP contribution < -0.4 is 10.6 Å². The molecule has 108 valence electrons. The summed E-state index contributed by atoms with van der Waals surface area (Å²) in [5, 5.41) is 15.2. The molecule has 0 aromatic rings. The third-order valence-electron chi connectivity index (χ3n) is 5.37. The average molecular weight is 266 g/mol. The van der Waals surface area contributed by atoms with Crippen molar-refractivity contribution in [3.63, 3.8) is 0 Å². The van der Waals surface area contributed by atoms with Crippen LogP contribution in [0.3, 0.4) is 0 Å². The number of hydrogen-bond acceptors (Lipinski definition) is 2. The lowest BCUT2D eigenvalue weighted by Gasteiger charge is -2.54. The minimum absolute atomic E-state index is 0.0434. The molecule has 0 aromatic heterocycles. The first-order valence-corrected chi connectivity index (χ1v) is 7.84. The van der Waals surface area contributed by atoms with E-state index in [1.54, 1.807) is 6.92 Å². The Labute approximate surface area is 115 Å². The van der Waals surface area contributed by atoms with Crippen molar-refractivity contribution in [3.8, 4) is 0 Å². The van der Waals surface area contributed by atoms with Crippen molar-refractivity contribution >= 4 is 6.03 Å². The molecule has 1 unspecified atom stereocenters. The molecule has 4 nitrogen and oxygen atoms in total. The zero-order chi connectivity index (χ0) is 13.4. The third kappa shape index (κ3) is 2.88. The van der Waals surface area contributed by atoms with Gasteiger partial charge in [0.05, 0.1) is 6.10 Å². The fourth-order valence-corrected chi connectivity index (χ4v) is 4.76. The molecule has 1 atom stereocenters. The van der Waals surface area contributed by atoms with Crippen LogP contribution >= 0.6 is 0 Å². The number of nitrogens with one attached hydrogen (secondary N) is 2.